The highest BCUT2D eigenvalue weighted by Crippen LogP contribution is 2.31. The van der Waals surface area contributed by atoms with Gasteiger partial charge in [0.25, 0.3) is 0 Å². The van der Waals surface area contributed by atoms with Crippen molar-refractivity contribution in [1.29, 1.82) is 0 Å². The van der Waals surface area contributed by atoms with Crippen molar-refractivity contribution in [2.75, 3.05) is 6.54 Å². The van der Waals surface area contributed by atoms with Gasteiger partial charge in [0.15, 0.2) is 0 Å². The molecule has 0 aliphatic carbocycles. The van der Waals surface area contributed by atoms with Gasteiger partial charge in [-0.25, -0.2) is 9.18 Å². The van der Waals surface area contributed by atoms with Gasteiger partial charge in [-0.2, -0.15) is 0 Å². The van der Waals surface area contributed by atoms with Gasteiger partial charge in [-0.3, -0.25) is 9.69 Å². The van der Waals surface area contributed by atoms with E-state index in [0.717, 1.165) is 5.56 Å². The van der Waals surface area contributed by atoms with E-state index >= 15 is 0 Å². The SMILES string of the molecule is CC(C)[C@H]1CN([C@H](C)c2ccccc2)C(=O)N1C(=O)C[C@H](O)c1ccc(F)cc1. The second-order valence-corrected chi connectivity index (χ2v) is 7.87. The third kappa shape index (κ3) is 4.48. The molecule has 3 atom stereocenters. The Kier molecular flexibility index (Phi) is 6.33. The highest BCUT2D eigenvalue weighted by atomic mass is 19.1. The zero-order chi connectivity index (χ0) is 21.1. The van der Waals surface area contributed by atoms with Gasteiger partial charge in [0.2, 0.25) is 5.91 Å². The van der Waals surface area contributed by atoms with Crippen molar-refractivity contribution in [2.45, 2.75) is 45.4 Å². The summed E-state index contributed by atoms with van der Waals surface area (Å²) in [6.07, 6.45) is -1.32. The summed E-state index contributed by atoms with van der Waals surface area (Å²) in [5.41, 5.74) is 1.45. The van der Waals surface area contributed by atoms with Crippen molar-refractivity contribution < 1.29 is 19.1 Å². The van der Waals surface area contributed by atoms with Gasteiger partial charge < -0.3 is 10.0 Å². The van der Waals surface area contributed by atoms with Gasteiger partial charge >= 0.3 is 6.03 Å². The minimum atomic E-state index is -1.09. The first-order valence-electron chi connectivity index (χ1n) is 9.90. The van der Waals surface area contributed by atoms with Crippen LogP contribution in [0.1, 0.15) is 50.5 Å². The highest BCUT2D eigenvalue weighted by molar-refractivity contribution is 5.97. The van der Waals surface area contributed by atoms with Crippen LogP contribution in [0.2, 0.25) is 0 Å². The normalized spacial score (nSPS) is 19.0. The molecule has 0 unspecified atom stereocenters. The number of rotatable bonds is 6. The van der Waals surface area contributed by atoms with E-state index in [0.29, 0.717) is 12.1 Å². The largest absolute Gasteiger partial charge is 0.388 e. The van der Waals surface area contributed by atoms with Crippen LogP contribution in [0.25, 0.3) is 0 Å². The molecule has 29 heavy (non-hydrogen) atoms. The van der Waals surface area contributed by atoms with Crippen LogP contribution in [0.5, 0.6) is 0 Å². The monoisotopic (exact) mass is 398 g/mol. The number of hydrogen-bond acceptors (Lipinski definition) is 3. The molecule has 0 saturated carbocycles. The standard InChI is InChI=1S/C23H27FN2O3/c1-15(2)20-14-25(16(3)17-7-5-4-6-8-17)23(29)26(20)22(28)13-21(27)18-9-11-19(24)12-10-18/h4-12,15-16,20-21,27H,13-14H2,1-3H3/t16-,20-,21+/m1/s1. The second-order valence-electron chi connectivity index (χ2n) is 7.87. The number of carbonyl (C=O) groups is 2. The summed E-state index contributed by atoms with van der Waals surface area (Å²) in [5.74, 6) is -0.750. The van der Waals surface area contributed by atoms with Gasteiger partial charge in [0.1, 0.15) is 5.82 Å². The van der Waals surface area contributed by atoms with Gasteiger partial charge in [-0.05, 0) is 36.1 Å². The Hall–Kier alpha value is -2.73. The maximum absolute atomic E-state index is 13.1. The van der Waals surface area contributed by atoms with Crippen molar-refractivity contribution in [3.05, 3.63) is 71.5 Å². The summed E-state index contributed by atoms with van der Waals surface area (Å²) in [7, 11) is 0. The van der Waals surface area contributed by atoms with Gasteiger partial charge in [-0.15, -0.1) is 0 Å². The van der Waals surface area contributed by atoms with Crippen molar-refractivity contribution in [1.82, 2.24) is 9.80 Å². The third-order valence-electron chi connectivity index (χ3n) is 5.58. The lowest BCUT2D eigenvalue weighted by atomic mass is 10.0. The molecule has 1 saturated heterocycles. The maximum atomic E-state index is 13.1. The van der Waals surface area contributed by atoms with E-state index in [1.807, 2.05) is 51.1 Å². The van der Waals surface area contributed by atoms with Crippen molar-refractivity contribution >= 4 is 11.9 Å². The fourth-order valence-electron chi connectivity index (χ4n) is 3.74. The second kappa shape index (κ2) is 8.74. The van der Waals surface area contributed by atoms with E-state index in [9.17, 15) is 19.1 Å². The van der Waals surface area contributed by atoms with Crippen molar-refractivity contribution in [3.63, 3.8) is 0 Å². The molecule has 2 aromatic rings. The average molecular weight is 398 g/mol. The molecule has 0 radical (unpaired) electrons. The van der Waals surface area contributed by atoms with Crippen molar-refractivity contribution in [2.24, 2.45) is 5.92 Å². The minimum Gasteiger partial charge on any atom is -0.388 e. The van der Waals surface area contributed by atoms with Crippen LogP contribution >= 0.6 is 0 Å². The highest BCUT2D eigenvalue weighted by Gasteiger charge is 2.44. The van der Waals surface area contributed by atoms with Crippen LogP contribution in [-0.2, 0) is 4.79 Å². The number of imide groups is 1. The summed E-state index contributed by atoms with van der Waals surface area (Å²) in [6.45, 7) is 6.35. The quantitative estimate of drug-likeness (QED) is 0.789. The average Bonchev–Trinajstić information content (AvgIpc) is 3.06. The molecule has 3 rings (SSSR count). The lowest BCUT2D eigenvalue weighted by Crippen LogP contribution is -2.43. The van der Waals surface area contributed by atoms with E-state index in [-0.39, 0.29) is 30.5 Å². The molecule has 6 heteroatoms. The van der Waals surface area contributed by atoms with Gasteiger partial charge in [0, 0.05) is 6.54 Å². The van der Waals surface area contributed by atoms with E-state index < -0.39 is 17.8 Å². The lowest BCUT2D eigenvalue weighted by molar-refractivity contribution is -0.131. The molecule has 3 amide bonds. The lowest BCUT2D eigenvalue weighted by Gasteiger charge is -2.25. The number of urea groups is 1. The Bertz CT molecular complexity index is 854. The molecule has 1 N–H and O–H groups in total. The Morgan fingerprint density at radius 3 is 2.28 bits per heavy atom. The minimum absolute atomic E-state index is 0.0823. The van der Waals surface area contributed by atoms with Crippen LogP contribution in [0.15, 0.2) is 54.6 Å². The van der Waals surface area contributed by atoms with E-state index in [4.69, 9.17) is 0 Å². The molecule has 2 aromatic carbocycles. The molecular weight excluding hydrogens is 371 g/mol. The van der Waals surface area contributed by atoms with Crippen LogP contribution in [-0.4, -0.2) is 39.4 Å². The topological polar surface area (TPSA) is 60.9 Å². The number of carbonyl (C=O) groups excluding carboxylic acids is 2. The van der Waals surface area contributed by atoms with Crippen LogP contribution in [0.4, 0.5) is 9.18 Å². The Balaban J connectivity index is 1.78. The fourth-order valence-corrected chi connectivity index (χ4v) is 3.74. The molecule has 154 valence electrons. The summed E-state index contributed by atoms with van der Waals surface area (Å²) >= 11 is 0. The van der Waals surface area contributed by atoms with Crippen LogP contribution in [0, 0.1) is 11.7 Å². The van der Waals surface area contributed by atoms with E-state index in [1.165, 1.54) is 29.2 Å². The first-order chi connectivity index (χ1) is 13.8. The predicted octanol–water partition coefficient (Wildman–Crippen LogP) is 4.30. The summed E-state index contributed by atoms with van der Waals surface area (Å²) in [6, 6.07) is 14.3. The van der Waals surface area contributed by atoms with E-state index in [1.54, 1.807) is 4.90 Å². The smallest absolute Gasteiger partial charge is 0.327 e. The summed E-state index contributed by atoms with van der Waals surface area (Å²) < 4.78 is 13.1. The van der Waals surface area contributed by atoms with Gasteiger partial charge in [-0.1, -0.05) is 56.3 Å². The summed E-state index contributed by atoms with van der Waals surface area (Å²) in [5, 5.41) is 10.4. The number of halogens is 1. The molecule has 0 aromatic heterocycles. The Labute approximate surface area is 170 Å². The Morgan fingerprint density at radius 2 is 1.69 bits per heavy atom. The van der Waals surface area contributed by atoms with E-state index in [2.05, 4.69) is 0 Å². The molecule has 1 aliphatic rings. The number of aliphatic hydroxyl groups is 1. The number of nitrogens with zero attached hydrogens (tertiary/aromatic N) is 2. The maximum Gasteiger partial charge on any atom is 0.327 e. The molecule has 0 spiro atoms. The zero-order valence-corrected chi connectivity index (χ0v) is 17.0. The molecule has 0 bridgehead atoms. The number of hydrogen-bond donors (Lipinski definition) is 1. The molecule has 1 fully saturated rings. The number of amides is 3. The number of benzene rings is 2. The molecular formula is C23H27FN2O3. The van der Waals surface area contributed by atoms with Gasteiger partial charge in [0.05, 0.1) is 24.6 Å². The molecule has 5 nitrogen and oxygen atoms in total. The van der Waals surface area contributed by atoms with Crippen LogP contribution in [0.3, 0.4) is 0 Å². The van der Waals surface area contributed by atoms with Crippen molar-refractivity contribution in [3.8, 4) is 0 Å². The molecule has 1 aliphatic heterocycles. The Morgan fingerprint density at radius 1 is 1.07 bits per heavy atom. The zero-order valence-electron chi connectivity index (χ0n) is 17.0. The molecule has 1 heterocycles. The van der Waals surface area contributed by atoms with Crippen LogP contribution < -0.4 is 0 Å². The first-order valence-corrected chi connectivity index (χ1v) is 9.90. The third-order valence-corrected chi connectivity index (χ3v) is 5.58. The fraction of sp³-hybridized carbons (Fsp3) is 0.391. The first kappa shape index (κ1) is 21.0. The predicted molar refractivity (Wildman–Crippen MR) is 108 cm³/mol. The summed E-state index contributed by atoms with van der Waals surface area (Å²) in [4.78, 5) is 29.1. The number of aliphatic hydroxyl groups excluding tert-OH is 1.